The predicted octanol–water partition coefficient (Wildman–Crippen LogP) is 2.16. The van der Waals surface area contributed by atoms with Crippen LogP contribution in [0.4, 0.5) is 13.2 Å². The maximum Gasteiger partial charge on any atom is 0.573 e. The van der Waals surface area contributed by atoms with Gasteiger partial charge in [0.2, 0.25) is 10.0 Å². The zero-order valence-electron chi connectivity index (χ0n) is 11.8. The number of aromatic nitrogens is 2. The number of halogens is 3. The van der Waals surface area contributed by atoms with Crippen LogP contribution in [0.5, 0.6) is 5.75 Å². The maximum absolute atomic E-state index is 12.3. The van der Waals surface area contributed by atoms with E-state index in [4.69, 9.17) is 0 Å². The van der Waals surface area contributed by atoms with Crippen LogP contribution in [0.25, 0.3) is 0 Å². The van der Waals surface area contributed by atoms with Crippen LogP contribution in [0, 0.1) is 6.92 Å². The van der Waals surface area contributed by atoms with E-state index in [2.05, 4.69) is 19.4 Å². The molecule has 0 unspecified atom stereocenters. The SMILES string of the molecule is Cc1cnc(CNS(=O)(=O)c2ccccc2OC(F)(F)F)cn1. The summed E-state index contributed by atoms with van der Waals surface area (Å²) in [6, 6.07) is 4.48. The van der Waals surface area contributed by atoms with Crippen LogP contribution in [-0.2, 0) is 16.6 Å². The highest BCUT2D eigenvalue weighted by Gasteiger charge is 2.33. The minimum Gasteiger partial charge on any atom is -0.404 e. The lowest BCUT2D eigenvalue weighted by Crippen LogP contribution is -2.26. The van der Waals surface area contributed by atoms with Gasteiger partial charge in [-0.3, -0.25) is 9.97 Å². The molecule has 1 aromatic heterocycles. The van der Waals surface area contributed by atoms with E-state index in [0.29, 0.717) is 11.4 Å². The second kappa shape index (κ2) is 6.50. The first-order chi connectivity index (χ1) is 10.7. The van der Waals surface area contributed by atoms with Gasteiger partial charge in [0, 0.05) is 6.20 Å². The van der Waals surface area contributed by atoms with Gasteiger partial charge in [-0.05, 0) is 19.1 Å². The minimum atomic E-state index is -4.99. The summed E-state index contributed by atoms with van der Waals surface area (Å²) in [7, 11) is -4.21. The van der Waals surface area contributed by atoms with Gasteiger partial charge in [0.05, 0.1) is 24.1 Å². The lowest BCUT2D eigenvalue weighted by Gasteiger charge is -2.13. The van der Waals surface area contributed by atoms with Gasteiger partial charge in [-0.2, -0.15) is 0 Å². The van der Waals surface area contributed by atoms with Gasteiger partial charge in [0.1, 0.15) is 10.6 Å². The van der Waals surface area contributed by atoms with E-state index in [1.165, 1.54) is 24.5 Å². The Morgan fingerprint density at radius 2 is 1.87 bits per heavy atom. The molecule has 6 nitrogen and oxygen atoms in total. The molecule has 124 valence electrons. The van der Waals surface area contributed by atoms with Crippen molar-refractivity contribution in [1.82, 2.24) is 14.7 Å². The van der Waals surface area contributed by atoms with Gasteiger partial charge in [0.15, 0.2) is 0 Å². The highest BCUT2D eigenvalue weighted by Crippen LogP contribution is 2.29. The molecule has 1 aromatic carbocycles. The molecule has 2 aromatic rings. The van der Waals surface area contributed by atoms with Crippen molar-refractivity contribution in [2.24, 2.45) is 0 Å². The van der Waals surface area contributed by atoms with Crippen LogP contribution in [0.15, 0.2) is 41.6 Å². The van der Waals surface area contributed by atoms with Gasteiger partial charge in [-0.1, -0.05) is 12.1 Å². The quantitative estimate of drug-likeness (QED) is 0.896. The first kappa shape index (κ1) is 17.2. The van der Waals surface area contributed by atoms with Crippen molar-refractivity contribution in [3.8, 4) is 5.75 Å². The van der Waals surface area contributed by atoms with Crippen LogP contribution < -0.4 is 9.46 Å². The molecule has 0 aliphatic heterocycles. The number of hydrogen-bond acceptors (Lipinski definition) is 5. The lowest BCUT2D eigenvalue weighted by molar-refractivity contribution is -0.275. The third kappa shape index (κ3) is 4.89. The van der Waals surface area contributed by atoms with Crippen LogP contribution >= 0.6 is 0 Å². The molecule has 0 bridgehead atoms. The Kier molecular flexibility index (Phi) is 4.85. The lowest BCUT2D eigenvalue weighted by atomic mass is 10.3. The number of sulfonamides is 1. The van der Waals surface area contributed by atoms with Crippen molar-refractivity contribution < 1.29 is 26.3 Å². The first-order valence-electron chi connectivity index (χ1n) is 6.29. The van der Waals surface area contributed by atoms with Crippen LogP contribution in [-0.4, -0.2) is 24.7 Å². The van der Waals surface area contributed by atoms with E-state index in [1.807, 2.05) is 0 Å². The molecule has 0 aliphatic rings. The summed E-state index contributed by atoms with van der Waals surface area (Å²) in [6.07, 6.45) is -2.17. The smallest absolute Gasteiger partial charge is 0.404 e. The fraction of sp³-hybridized carbons (Fsp3) is 0.231. The van der Waals surface area contributed by atoms with E-state index in [-0.39, 0.29) is 6.54 Å². The Hall–Kier alpha value is -2.20. The Labute approximate surface area is 130 Å². The second-order valence-electron chi connectivity index (χ2n) is 4.47. The molecule has 0 fully saturated rings. The molecule has 2 rings (SSSR count). The molecule has 0 radical (unpaired) electrons. The molecule has 10 heteroatoms. The van der Waals surface area contributed by atoms with Gasteiger partial charge >= 0.3 is 6.36 Å². The average Bonchev–Trinajstić information content (AvgIpc) is 2.45. The predicted molar refractivity (Wildman–Crippen MR) is 73.9 cm³/mol. The van der Waals surface area contributed by atoms with Crippen molar-refractivity contribution >= 4 is 10.0 Å². The number of hydrogen-bond donors (Lipinski definition) is 1. The van der Waals surface area contributed by atoms with Crippen molar-refractivity contribution in [2.75, 3.05) is 0 Å². The molecular weight excluding hydrogens is 335 g/mol. The fourth-order valence-electron chi connectivity index (χ4n) is 1.64. The molecule has 1 heterocycles. The first-order valence-corrected chi connectivity index (χ1v) is 7.78. The number of alkyl halides is 3. The largest absolute Gasteiger partial charge is 0.573 e. The summed E-state index contributed by atoms with van der Waals surface area (Å²) >= 11 is 0. The van der Waals surface area contributed by atoms with E-state index in [9.17, 15) is 21.6 Å². The van der Waals surface area contributed by atoms with Crippen LogP contribution in [0.2, 0.25) is 0 Å². The third-order valence-electron chi connectivity index (χ3n) is 2.64. The number of nitrogens with one attached hydrogen (secondary N) is 1. The topological polar surface area (TPSA) is 81.2 Å². The van der Waals surface area contributed by atoms with Gasteiger partial charge in [-0.15, -0.1) is 13.2 Å². The molecule has 23 heavy (non-hydrogen) atoms. The average molecular weight is 347 g/mol. The van der Waals surface area contributed by atoms with Crippen molar-refractivity contribution in [3.63, 3.8) is 0 Å². The van der Waals surface area contributed by atoms with E-state index in [1.54, 1.807) is 6.92 Å². The number of para-hydroxylation sites is 1. The number of nitrogens with zero attached hydrogens (tertiary/aromatic N) is 2. The summed E-state index contributed by atoms with van der Waals surface area (Å²) in [5.74, 6) is -0.803. The monoisotopic (exact) mass is 347 g/mol. The molecular formula is C13H12F3N3O3S. The van der Waals surface area contributed by atoms with Crippen molar-refractivity contribution in [1.29, 1.82) is 0 Å². The molecule has 0 spiro atoms. The van der Waals surface area contributed by atoms with Crippen molar-refractivity contribution in [3.05, 3.63) is 48.0 Å². The molecule has 0 saturated carbocycles. The number of aryl methyl sites for hydroxylation is 1. The summed E-state index contributed by atoms with van der Waals surface area (Å²) < 4.78 is 67.3. The molecule has 0 amide bonds. The van der Waals surface area contributed by atoms with Gasteiger partial charge in [-0.25, -0.2) is 13.1 Å². The third-order valence-corrected chi connectivity index (χ3v) is 4.08. The molecule has 0 atom stereocenters. The molecule has 1 N–H and O–H groups in total. The highest BCUT2D eigenvalue weighted by atomic mass is 32.2. The number of benzene rings is 1. The summed E-state index contributed by atoms with van der Waals surface area (Å²) in [5.41, 5.74) is 0.980. The standard InChI is InChI=1S/C13H12F3N3O3S/c1-9-6-18-10(7-17-9)8-19-23(20,21)12-5-3-2-4-11(12)22-13(14,15)16/h2-7,19H,8H2,1H3. The van der Waals surface area contributed by atoms with Gasteiger partial charge in [0.25, 0.3) is 0 Å². The summed E-state index contributed by atoms with van der Waals surface area (Å²) in [6.45, 7) is 1.50. The van der Waals surface area contributed by atoms with Crippen molar-refractivity contribution in [2.45, 2.75) is 24.7 Å². The number of ether oxygens (including phenoxy) is 1. The van der Waals surface area contributed by atoms with Crippen LogP contribution in [0.3, 0.4) is 0 Å². The zero-order chi connectivity index (χ0) is 17.1. The Morgan fingerprint density at radius 1 is 1.17 bits per heavy atom. The Morgan fingerprint density at radius 3 is 2.48 bits per heavy atom. The minimum absolute atomic E-state index is 0.212. The van der Waals surface area contributed by atoms with E-state index >= 15 is 0 Å². The second-order valence-corrected chi connectivity index (χ2v) is 6.20. The van der Waals surface area contributed by atoms with E-state index < -0.39 is 27.0 Å². The van der Waals surface area contributed by atoms with Gasteiger partial charge < -0.3 is 4.74 Å². The fourth-order valence-corrected chi connectivity index (χ4v) is 2.76. The highest BCUT2D eigenvalue weighted by molar-refractivity contribution is 7.89. The maximum atomic E-state index is 12.3. The molecule has 0 aliphatic carbocycles. The summed E-state index contributed by atoms with van der Waals surface area (Å²) in [5, 5.41) is 0. The Bertz CT molecular complexity index is 777. The van der Waals surface area contributed by atoms with Crippen LogP contribution in [0.1, 0.15) is 11.4 Å². The normalized spacial score (nSPS) is 12.2. The zero-order valence-corrected chi connectivity index (χ0v) is 12.6. The summed E-state index contributed by atoms with van der Waals surface area (Å²) in [4.78, 5) is 7.29. The molecule has 0 saturated heterocycles. The Balaban J connectivity index is 2.21. The number of rotatable bonds is 5. The van der Waals surface area contributed by atoms with E-state index in [0.717, 1.165) is 12.1 Å².